The third kappa shape index (κ3) is 3.64. The maximum absolute atomic E-state index is 5.86. The highest BCUT2D eigenvalue weighted by Gasteiger charge is 2.26. The van der Waals surface area contributed by atoms with Crippen LogP contribution in [0.3, 0.4) is 0 Å². The van der Waals surface area contributed by atoms with Crippen molar-refractivity contribution < 1.29 is 9.47 Å². The second-order valence-corrected chi connectivity index (χ2v) is 5.26. The smallest absolute Gasteiger partial charge is 0.161 e. The van der Waals surface area contributed by atoms with E-state index < -0.39 is 0 Å². The summed E-state index contributed by atoms with van der Waals surface area (Å²) in [4.78, 5) is 0. The summed E-state index contributed by atoms with van der Waals surface area (Å²) in [6.45, 7) is 7.96. The molecule has 0 heterocycles. The van der Waals surface area contributed by atoms with Gasteiger partial charge in [-0.25, -0.2) is 0 Å². The molecule has 1 atom stereocenters. The van der Waals surface area contributed by atoms with Gasteiger partial charge in [-0.05, 0) is 36.4 Å². The van der Waals surface area contributed by atoms with Crippen molar-refractivity contribution in [3.63, 3.8) is 0 Å². The first kappa shape index (κ1) is 14.8. The second kappa shape index (κ2) is 6.64. The topological polar surface area (TPSA) is 44.5 Å². The number of rotatable bonds is 7. The van der Waals surface area contributed by atoms with Crippen LogP contribution in [0.4, 0.5) is 0 Å². The molecule has 0 spiro atoms. The Hall–Kier alpha value is -1.22. The zero-order valence-electron chi connectivity index (χ0n) is 11.9. The van der Waals surface area contributed by atoms with E-state index in [4.69, 9.17) is 15.2 Å². The average Bonchev–Trinajstić information content (AvgIpc) is 2.38. The maximum atomic E-state index is 5.86. The largest absolute Gasteiger partial charge is 0.493 e. The van der Waals surface area contributed by atoms with Crippen molar-refractivity contribution in [2.75, 3.05) is 20.3 Å². The third-order valence-corrected chi connectivity index (χ3v) is 3.86. The highest BCUT2D eigenvalue weighted by Crippen LogP contribution is 2.31. The molecule has 0 aliphatic heterocycles. The fourth-order valence-corrected chi connectivity index (χ4v) is 1.76. The normalized spacial score (nSPS) is 14.3. The Morgan fingerprint density at radius 1 is 1.22 bits per heavy atom. The van der Waals surface area contributed by atoms with E-state index in [1.54, 1.807) is 7.11 Å². The first-order valence-corrected chi connectivity index (χ1v) is 6.49. The first-order valence-electron chi connectivity index (χ1n) is 6.49. The summed E-state index contributed by atoms with van der Waals surface area (Å²) in [5.41, 5.74) is 5.99. The summed E-state index contributed by atoms with van der Waals surface area (Å²) in [5, 5.41) is 0. The van der Waals surface area contributed by atoms with Crippen molar-refractivity contribution in [3.05, 3.63) is 24.3 Å². The molecule has 1 aromatic carbocycles. The molecule has 0 fully saturated rings. The van der Waals surface area contributed by atoms with Gasteiger partial charge in [-0.1, -0.05) is 32.9 Å². The lowest BCUT2D eigenvalue weighted by molar-refractivity contribution is 0.160. The van der Waals surface area contributed by atoms with Crippen LogP contribution in [0.1, 0.15) is 27.2 Å². The van der Waals surface area contributed by atoms with Crippen molar-refractivity contribution in [1.29, 1.82) is 0 Å². The fourth-order valence-electron chi connectivity index (χ4n) is 1.76. The van der Waals surface area contributed by atoms with Crippen LogP contribution >= 0.6 is 0 Å². The van der Waals surface area contributed by atoms with Gasteiger partial charge in [0.15, 0.2) is 11.5 Å². The Labute approximate surface area is 110 Å². The van der Waals surface area contributed by atoms with Crippen molar-refractivity contribution in [1.82, 2.24) is 0 Å². The zero-order valence-corrected chi connectivity index (χ0v) is 11.9. The highest BCUT2D eigenvalue weighted by atomic mass is 16.5. The van der Waals surface area contributed by atoms with E-state index in [-0.39, 0.29) is 5.41 Å². The molecular weight excluding hydrogens is 226 g/mol. The summed E-state index contributed by atoms with van der Waals surface area (Å²) in [6.07, 6.45) is 0.944. The van der Waals surface area contributed by atoms with Crippen molar-refractivity contribution in [2.24, 2.45) is 17.1 Å². The van der Waals surface area contributed by atoms with Gasteiger partial charge in [-0.3, -0.25) is 0 Å². The Morgan fingerprint density at radius 3 is 2.33 bits per heavy atom. The Balaban J connectivity index is 2.56. The number of nitrogens with two attached hydrogens (primary N) is 1. The third-order valence-electron chi connectivity index (χ3n) is 3.86. The summed E-state index contributed by atoms with van der Waals surface area (Å²) in [6, 6.07) is 7.71. The molecule has 1 aromatic rings. The van der Waals surface area contributed by atoms with E-state index in [1.807, 2.05) is 24.3 Å². The fraction of sp³-hybridized carbons (Fsp3) is 0.600. The Kier molecular flexibility index (Phi) is 5.48. The number of methoxy groups -OCH3 is 1. The Bertz CT molecular complexity index is 365. The van der Waals surface area contributed by atoms with E-state index in [2.05, 4.69) is 20.8 Å². The minimum atomic E-state index is 0.127. The Morgan fingerprint density at radius 2 is 1.83 bits per heavy atom. The van der Waals surface area contributed by atoms with Gasteiger partial charge in [0.05, 0.1) is 13.7 Å². The lowest BCUT2D eigenvalue weighted by atomic mass is 9.77. The second-order valence-electron chi connectivity index (χ2n) is 5.26. The van der Waals surface area contributed by atoms with Crippen LogP contribution in [0.2, 0.25) is 0 Å². The average molecular weight is 251 g/mol. The quantitative estimate of drug-likeness (QED) is 0.810. The van der Waals surface area contributed by atoms with Gasteiger partial charge in [0, 0.05) is 0 Å². The van der Waals surface area contributed by atoms with Gasteiger partial charge >= 0.3 is 0 Å². The molecule has 0 aromatic heterocycles. The van der Waals surface area contributed by atoms with Crippen molar-refractivity contribution in [2.45, 2.75) is 27.2 Å². The first-order chi connectivity index (χ1) is 8.53. The molecular formula is C15H25NO2. The summed E-state index contributed by atoms with van der Waals surface area (Å²) in [5.74, 6) is 2.11. The van der Waals surface area contributed by atoms with E-state index in [9.17, 15) is 0 Å². The number of hydrogen-bond acceptors (Lipinski definition) is 3. The molecule has 3 nitrogen and oxygen atoms in total. The number of benzene rings is 1. The predicted octanol–water partition coefficient (Wildman–Crippen LogP) is 3.09. The number of hydrogen-bond donors (Lipinski definition) is 1. The van der Waals surface area contributed by atoms with E-state index in [0.29, 0.717) is 19.1 Å². The molecule has 1 unspecified atom stereocenters. The molecule has 0 saturated heterocycles. The molecule has 102 valence electrons. The lowest BCUT2D eigenvalue weighted by Crippen LogP contribution is -2.34. The molecule has 0 saturated carbocycles. The van der Waals surface area contributed by atoms with Gasteiger partial charge in [0.2, 0.25) is 0 Å². The van der Waals surface area contributed by atoms with E-state index in [0.717, 1.165) is 17.9 Å². The van der Waals surface area contributed by atoms with Crippen LogP contribution in [0.25, 0.3) is 0 Å². The van der Waals surface area contributed by atoms with Crippen LogP contribution in [-0.4, -0.2) is 20.3 Å². The van der Waals surface area contributed by atoms with E-state index >= 15 is 0 Å². The maximum Gasteiger partial charge on any atom is 0.161 e. The molecule has 1 rings (SSSR count). The summed E-state index contributed by atoms with van der Waals surface area (Å²) >= 11 is 0. The minimum Gasteiger partial charge on any atom is -0.493 e. The van der Waals surface area contributed by atoms with Gasteiger partial charge in [-0.15, -0.1) is 0 Å². The predicted molar refractivity (Wildman–Crippen MR) is 75.1 cm³/mol. The zero-order chi connectivity index (χ0) is 13.6. The van der Waals surface area contributed by atoms with Crippen LogP contribution in [0.15, 0.2) is 24.3 Å². The monoisotopic (exact) mass is 251 g/mol. The van der Waals surface area contributed by atoms with Crippen LogP contribution in [-0.2, 0) is 0 Å². The minimum absolute atomic E-state index is 0.127. The van der Waals surface area contributed by atoms with Crippen molar-refractivity contribution >= 4 is 0 Å². The van der Waals surface area contributed by atoms with Crippen LogP contribution < -0.4 is 15.2 Å². The summed E-state index contributed by atoms with van der Waals surface area (Å²) < 4.78 is 11.0. The van der Waals surface area contributed by atoms with Crippen LogP contribution in [0, 0.1) is 11.3 Å². The molecule has 0 radical (unpaired) electrons. The molecule has 0 aliphatic rings. The van der Waals surface area contributed by atoms with Crippen LogP contribution in [0.5, 0.6) is 11.5 Å². The van der Waals surface area contributed by atoms with Gasteiger partial charge < -0.3 is 15.2 Å². The van der Waals surface area contributed by atoms with Crippen molar-refractivity contribution in [3.8, 4) is 11.5 Å². The highest BCUT2D eigenvalue weighted by molar-refractivity contribution is 5.39. The SMILES string of the molecule is COc1ccccc1OCCC(C)(CN)C(C)C. The van der Waals surface area contributed by atoms with Gasteiger partial charge in [-0.2, -0.15) is 0 Å². The summed E-state index contributed by atoms with van der Waals surface area (Å²) in [7, 11) is 1.65. The van der Waals surface area contributed by atoms with E-state index in [1.165, 1.54) is 0 Å². The lowest BCUT2D eigenvalue weighted by Gasteiger charge is -2.32. The number of ether oxygens (including phenoxy) is 2. The number of para-hydroxylation sites is 2. The molecule has 0 amide bonds. The molecule has 0 aliphatic carbocycles. The molecule has 18 heavy (non-hydrogen) atoms. The van der Waals surface area contributed by atoms with Gasteiger partial charge in [0.25, 0.3) is 0 Å². The molecule has 0 bridgehead atoms. The van der Waals surface area contributed by atoms with Gasteiger partial charge in [0.1, 0.15) is 0 Å². The molecule has 2 N–H and O–H groups in total. The standard InChI is InChI=1S/C15H25NO2/c1-12(2)15(3,11-16)9-10-18-14-8-6-5-7-13(14)17-4/h5-8,12H,9-11,16H2,1-4H3. The molecule has 3 heteroatoms.